The maximum Gasteiger partial charge on any atom is 0.0507 e. The van der Waals surface area contributed by atoms with E-state index in [1.54, 1.807) is 0 Å². The van der Waals surface area contributed by atoms with Crippen molar-refractivity contribution >= 4 is 0 Å². The summed E-state index contributed by atoms with van der Waals surface area (Å²) in [4.78, 5) is 2.68. The minimum absolute atomic E-state index is 0.790. The fraction of sp³-hybridized carbons (Fsp3) is 1.00. The Hall–Kier alpha value is -0.120. The number of ether oxygens (including phenoxy) is 1. The number of piperidine rings is 1. The first-order chi connectivity index (χ1) is 8.38. The maximum atomic E-state index is 5.49. The molecule has 1 N–H and O–H groups in total. The minimum Gasteiger partial charge on any atom is -0.381 e. The molecule has 2 aliphatic heterocycles. The lowest BCUT2D eigenvalue weighted by Gasteiger charge is -2.31. The summed E-state index contributed by atoms with van der Waals surface area (Å²) < 4.78 is 5.49. The van der Waals surface area contributed by atoms with E-state index < -0.39 is 0 Å². The van der Waals surface area contributed by atoms with Crippen LogP contribution in [0.5, 0.6) is 0 Å². The van der Waals surface area contributed by atoms with Gasteiger partial charge in [0.2, 0.25) is 0 Å². The third-order valence-corrected chi connectivity index (χ3v) is 4.00. The summed E-state index contributed by atoms with van der Waals surface area (Å²) in [5, 5.41) is 3.52. The summed E-state index contributed by atoms with van der Waals surface area (Å²) in [5.74, 6) is 1.66. The van der Waals surface area contributed by atoms with Crippen LogP contribution in [0.25, 0.3) is 0 Å². The average Bonchev–Trinajstić information content (AvgIpc) is 2.83. The van der Waals surface area contributed by atoms with Gasteiger partial charge in [-0.3, -0.25) is 0 Å². The lowest BCUT2D eigenvalue weighted by atomic mass is 9.98. The lowest BCUT2D eigenvalue weighted by Crippen LogP contribution is -2.40. The van der Waals surface area contributed by atoms with Gasteiger partial charge in [0, 0.05) is 19.7 Å². The topological polar surface area (TPSA) is 24.5 Å². The molecule has 0 radical (unpaired) electrons. The minimum atomic E-state index is 0.790. The zero-order valence-corrected chi connectivity index (χ0v) is 11.3. The molecule has 100 valence electrons. The summed E-state index contributed by atoms with van der Waals surface area (Å²) in [6, 6.07) is 0. The molecule has 2 atom stereocenters. The van der Waals surface area contributed by atoms with Crippen molar-refractivity contribution in [3.05, 3.63) is 0 Å². The first kappa shape index (κ1) is 13.3. The van der Waals surface area contributed by atoms with Crippen molar-refractivity contribution in [3.8, 4) is 0 Å². The predicted molar refractivity (Wildman–Crippen MR) is 71.3 cm³/mol. The Bertz CT molecular complexity index is 198. The molecule has 2 rings (SSSR count). The molecule has 0 bridgehead atoms. The van der Waals surface area contributed by atoms with E-state index >= 15 is 0 Å². The molecule has 0 amide bonds. The summed E-state index contributed by atoms with van der Waals surface area (Å²) in [6.07, 6.45) is 5.31. The van der Waals surface area contributed by atoms with Crippen LogP contribution in [0.1, 0.15) is 32.6 Å². The largest absolute Gasteiger partial charge is 0.381 e. The summed E-state index contributed by atoms with van der Waals surface area (Å²) in [6.45, 7) is 10.5. The van der Waals surface area contributed by atoms with Crippen LogP contribution in [-0.2, 0) is 4.74 Å². The third kappa shape index (κ3) is 4.57. The molecular formula is C14H28N2O. The highest BCUT2D eigenvalue weighted by Gasteiger charge is 2.21. The van der Waals surface area contributed by atoms with Gasteiger partial charge in [0.05, 0.1) is 6.61 Å². The average molecular weight is 240 g/mol. The molecule has 0 aromatic rings. The normalized spacial score (nSPS) is 30.0. The number of hydrogen-bond donors (Lipinski definition) is 1. The summed E-state index contributed by atoms with van der Waals surface area (Å²) in [7, 11) is 0. The Labute approximate surface area is 106 Å². The second-order valence-corrected chi connectivity index (χ2v) is 5.70. The fourth-order valence-electron chi connectivity index (χ4n) is 3.11. The molecule has 0 aromatic heterocycles. The SMILES string of the molecule is CCCN(CC1CCCNC1)CC1CCOC1. The monoisotopic (exact) mass is 240 g/mol. The summed E-state index contributed by atoms with van der Waals surface area (Å²) in [5.41, 5.74) is 0. The summed E-state index contributed by atoms with van der Waals surface area (Å²) >= 11 is 0. The zero-order chi connectivity index (χ0) is 11.9. The van der Waals surface area contributed by atoms with E-state index in [9.17, 15) is 0 Å². The van der Waals surface area contributed by atoms with Crippen LogP contribution in [0.3, 0.4) is 0 Å². The van der Waals surface area contributed by atoms with Crippen molar-refractivity contribution in [1.29, 1.82) is 0 Å². The Balaban J connectivity index is 1.74. The smallest absolute Gasteiger partial charge is 0.0507 e. The van der Waals surface area contributed by atoms with E-state index in [-0.39, 0.29) is 0 Å². The molecule has 17 heavy (non-hydrogen) atoms. The van der Waals surface area contributed by atoms with Gasteiger partial charge in [0.15, 0.2) is 0 Å². The molecule has 0 aliphatic carbocycles. The molecule has 2 heterocycles. The van der Waals surface area contributed by atoms with Crippen LogP contribution in [-0.4, -0.2) is 50.8 Å². The molecule has 2 fully saturated rings. The zero-order valence-electron chi connectivity index (χ0n) is 11.3. The molecule has 2 aliphatic rings. The van der Waals surface area contributed by atoms with E-state index in [0.717, 1.165) is 25.0 Å². The quantitative estimate of drug-likeness (QED) is 0.765. The van der Waals surface area contributed by atoms with Crippen LogP contribution >= 0.6 is 0 Å². The fourth-order valence-corrected chi connectivity index (χ4v) is 3.11. The van der Waals surface area contributed by atoms with E-state index in [1.165, 1.54) is 58.4 Å². The van der Waals surface area contributed by atoms with E-state index in [0.29, 0.717) is 0 Å². The Kier molecular flexibility index (Phi) is 5.75. The number of nitrogens with one attached hydrogen (secondary N) is 1. The van der Waals surface area contributed by atoms with E-state index in [4.69, 9.17) is 4.74 Å². The highest BCUT2D eigenvalue weighted by atomic mass is 16.5. The number of hydrogen-bond acceptors (Lipinski definition) is 3. The van der Waals surface area contributed by atoms with Crippen LogP contribution in [0, 0.1) is 11.8 Å². The van der Waals surface area contributed by atoms with Gasteiger partial charge in [-0.05, 0) is 57.2 Å². The predicted octanol–water partition coefficient (Wildman–Crippen LogP) is 1.73. The first-order valence-corrected chi connectivity index (χ1v) is 7.39. The van der Waals surface area contributed by atoms with Gasteiger partial charge in [-0.2, -0.15) is 0 Å². The van der Waals surface area contributed by atoms with Crippen molar-refractivity contribution in [2.45, 2.75) is 32.6 Å². The molecule has 3 heteroatoms. The maximum absolute atomic E-state index is 5.49. The van der Waals surface area contributed by atoms with Crippen LogP contribution in [0.4, 0.5) is 0 Å². The highest BCUT2D eigenvalue weighted by molar-refractivity contribution is 4.76. The molecule has 0 saturated carbocycles. The second kappa shape index (κ2) is 7.34. The van der Waals surface area contributed by atoms with E-state index in [1.807, 2.05) is 0 Å². The van der Waals surface area contributed by atoms with Gasteiger partial charge >= 0.3 is 0 Å². The molecular weight excluding hydrogens is 212 g/mol. The van der Waals surface area contributed by atoms with Crippen molar-refractivity contribution in [2.75, 3.05) is 45.9 Å². The molecule has 2 saturated heterocycles. The van der Waals surface area contributed by atoms with Crippen LogP contribution in [0.2, 0.25) is 0 Å². The van der Waals surface area contributed by atoms with Gasteiger partial charge in [-0.15, -0.1) is 0 Å². The van der Waals surface area contributed by atoms with Gasteiger partial charge in [-0.1, -0.05) is 6.92 Å². The van der Waals surface area contributed by atoms with Gasteiger partial charge in [-0.25, -0.2) is 0 Å². The van der Waals surface area contributed by atoms with Crippen molar-refractivity contribution < 1.29 is 4.74 Å². The van der Waals surface area contributed by atoms with Gasteiger partial charge in [0.1, 0.15) is 0 Å². The Morgan fingerprint density at radius 1 is 1.24 bits per heavy atom. The number of nitrogens with zero attached hydrogens (tertiary/aromatic N) is 1. The van der Waals surface area contributed by atoms with E-state index in [2.05, 4.69) is 17.1 Å². The van der Waals surface area contributed by atoms with Crippen LogP contribution in [0.15, 0.2) is 0 Å². The van der Waals surface area contributed by atoms with Crippen molar-refractivity contribution in [2.24, 2.45) is 11.8 Å². The number of rotatable bonds is 6. The standard InChI is InChI=1S/C14H28N2O/c1-2-7-16(11-14-5-8-17-12-14)10-13-4-3-6-15-9-13/h13-15H,2-12H2,1H3. The Morgan fingerprint density at radius 3 is 2.76 bits per heavy atom. The van der Waals surface area contributed by atoms with Crippen molar-refractivity contribution in [3.63, 3.8) is 0 Å². The molecule has 2 unspecified atom stereocenters. The van der Waals surface area contributed by atoms with Gasteiger partial charge < -0.3 is 15.0 Å². The molecule has 0 spiro atoms. The van der Waals surface area contributed by atoms with Crippen molar-refractivity contribution in [1.82, 2.24) is 10.2 Å². The first-order valence-electron chi connectivity index (χ1n) is 7.39. The highest BCUT2D eigenvalue weighted by Crippen LogP contribution is 2.17. The molecule has 0 aromatic carbocycles. The lowest BCUT2D eigenvalue weighted by molar-refractivity contribution is 0.152. The Morgan fingerprint density at radius 2 is 2.12 bits per heavy atom. The second-order valence-electron chi connectivity index (χ2n) is 5.70. The third-order valence-electron chi connectivity index (χ3n) is 4.00. The van der Waals surface area contributed by atoms with Crippen LogP contribution < -0.4 is 5.32 Å². The molecule has 3 nitrogen and oxygen atoms in total. The van der Waals surface area contributed by atoms with Gasteiger partial charge in [0.25, 0.3) is 0 Å².